The van der Waals surface area contributed by atoms with Gasteiger partial charge >= 0.3 is 0 Å². The average molecular weight is 424 g/mol. The first-order chi connectivity index (χ1) is 14.9. The molecule has 0 fully saturated rings. The lowest BCUT2D eigenvalue weighted by atomic mass is 10.2. The van der Waals surface area contributed by atoms with Crippen LogP contribution in [0.2, 0.25) is 0 Å². The number of benzene rings is 1. The van der Waals surface area contributed by atoms with E-state index in [4.69, 9.17) is 9.41 Å². The molecule has 166 valence electrons. The normalized spacial score (nSPS) is 12.6. The van der Waals surface area contributed by atoms with Gasteiger partial charge < -0.3 is 24.5 Å². The van der Waals surface area contributed by atoms with Crippen LogP contribution in [0.15, 0.2) is 51.9 Å². The van der Waals surface area contributed by atoms with Gasteiger partial charge in [-0.15, -0.1) is 10.2 Å². The molecule has 1 unspecified atom stereocenters. The zero-order valence-electron chi connectivity index (χ0n) is 19.1. The Morgan fingerprint density at radius 3 is 2.58 bits per heavy atom. The van der Waals surface area contributed by atoms with Crippen LogP contribution < -0.4 is 15.5 Å². The largest absolute Gasteiger partial charge is 0.464 e. The molecular weight excluding hydrogens is 390 g/mol. The summed E-state index contributed by atoms with van der Waals surface area (Å²) >= 11 is 0. The van der Waals surface area contributed by atoms with Crippen molar-refractivity contribution in [1.82, 2.24) is 25.4 Å². The van der Waals surface area contributed by atoms with Gasteiger partial charge in [-0.05, 0) is 51.5 Å². The number of para-hydroxylation sites is 1. The van der Waals surface area contributed by atoms with Crippen molar-refractivity contribution in [2.24, 2.45) is 12.0 Å². The SMILES string of the molecule is Cc1ccc(C(C)NC(=NCc2nnc(C)n2C)NCCCN(C)c2ccccc2)o1. The fraction of sp³-hybridized carbons (Fsp3) is 0.435. The zero-order chi connectivity index (χ0) is 22.2. The Morgan fingerprint density at radius 2 is 1.94 bits per heavy atom. The van der Waals surface area contributed by atoms with E-state index in [1.807, 2.05) is 43.7 Å². The van der Waals surface area contributed by atoms with Crippen LogP contribution >= 0.6 is 0 Å². The molecule has 1 aromatic carbocycles. The summed E-state index contributed by atoms with van der Waals surface area (Å²) < 4.78 is 7.71. The third-order valence-electron chi connectivity index (χ3n) is 5.26. The van der Waals surface area contributed by atoms with Gasteiger partial charge in [0.15, 0.2) is 11.8 Å². The molecule has 31 heavy (non-hydrogen) atoms. The van der Waals surface area contributed by atoms with Gasteiger partial charge in [-0.3, -0.25) is 0 Å². The first-order valence-corrected chi connectivity index (χ1v) is 10.7. The molecule has 8 heteroatoms. The highest BCUT2D eigenvalue weighted by Crippen LogP contribution is 2.15. The fourth-order valence-electron chi connectivity index (χ4n) is 3.19. The van der Waals surface area contributed by atoms with Crippen molar-refractivity contribution in [3.8, 4) is 0 Å². The summed E-state index contributed by atoms with van der Waals surface area (Å²) in [6.45, 7) is 8.13. The second-order valence-electron chi connectivity index (χ2n) is 7.74. The predicted molar refractivity (Wildman–Crippen MR) is 124 cm³/mol. The Kier molecular flexibility index (Phi) is 7.70. The number of aromatic nitrogens is 3. The molecule has 0 bridgehead atoms. The monoisotopic (exact) mass is 423 g/mol. The van der Waals surface area contributed by atoms with E-state index in [0.29, 0.717) is 6.54 Å². The summed E-state index contributed by atoms with van der Waals surface area (Å²) in [5.74, 6) is 4.20. The number of hydrogen-bond donors (Lipinski definition) is 2. The van der Waals surface area contributed by atoms with Crippen molar-refractivity contribution in [2.45, 2.75) is 39.8 Å². The van der Waals surface area contributed by atoms with Crippen molar-refractivity contribution in [3.05, 3.63) is 65.6 Å². The van der Waals surface area contributed by atoms with Crippen molar-refractivity contribution < 1.29 is 4.42 Å². The highest BCUT2D eigenvalue weighted by molar-refractivity contribution is 5.80. The van der Waals surface area contributed by atoms with Crippen LogP contribution in [0.1, 0.15) is 42.6 Å². The molecule has 0 aliphatic rings. The van der Waals surface area contributed by atoms with Gasteiger partial charge in [-0.2, -0.15) is 0 Å². The average Bonchev–Trinajstić information content (AvgIpc) is 3.35. The number of nitrogens with zero attached hydrogens (tertiary/aromatic N) is 5. The van der Waals surface area contributed by atoms with Gasteiger partial charge in [0.2, 0.25) is 0 Å². The first-order valence-electron chi connectivity index (χ1n) is 10.7. The number of anilines is 1. The summed E-state index contributed by atoms with van der Waals surface area (Å²) in [7, 11) is 4.06. The molecule has 2 N–H and O–H groups in total. The van der Waals surface area contributed by atoms with Gasteiger partial charge in [0.05, 0.1) is 6.04 Å². The number of aryl methyl sites for hydroxylation is 2. The second-order valence-corrected chi connectivity index (χ2v) is 7.74. The van der Waals surface area contributed by atoms with E-state index in [2.05, 4.69) is 64.0 Å². The van der Waals surface area contributed by atoms with Crippen LogP contribution in [-0.2, 0) is 13.6 Å². The van der Waals surface area contributed by atoms with Crippen LogP contribution in [0.3, 0.4) is 0 Å². The van der Waals surface area contributed by atoms with E-state index < -0.39 is 0 Å². The highest BCUT2D eigenvalue weighted by atomic mass is 16.3. The van der Waals surface area contributed by atoms with Crippen LogP contribution in [0.4, 0.5) is 5.69 Å². The smallest absolute Gasteiger partial charge is 0.192 e. The molecular formula is C23H33N7O. The Hall–Kier alpha value is -3.29. The Labute approximate surface area is 184 Å². The van der Waals surface area contributed by atoms with Gasteiger partial charge in [-0.25, -0.2) is 4.99 Å². The van der Waals surface area contributed by atoms with E-state index in [1.54, 1.807) is 0 Å². The maximum Gasteiger partial charge on any atom is 0.192 e. The molecule has 0 saturated heterocycles. The van der Waals surface area contributed by atoms with E-state index in [0.717, 1.165) is 48.6 Å². The topological polar surface area (TPSA) is 83.5 Å². The predicted octanol–water partition coefficient (Wildman–Crippen LogP) is 3.35. The third-order valence-corrected chi connectivity index (χ3v) is 5.26. The molecule has 3 aromatic rings. The van der Waals surface area contributed by atoms with Gasteiger partial charge in [0, 0.05) is 32.9 Å². The van der Waals surface area contributed by atoms with E-state index >= 15 is 0 Å². The minimum atomic E-state index is -0.00632. The molecule has 0 aliphatic heterocycles. The summed E-state index contributed by atoms with van der Waals surface area (Å²) in [5, 5.41) is 15.2. The van der Waals surface area contributed by atoms with Crippen LogP contribution in [0.5, 0.6) is 0 Å². The lowest BCUT2D eigenvalue weighted by Crippen LogP contribution is -2.40. The first kappa shape index (κ1) is 22.4. The number of rotatable bonds is 9. The molecule has 2 aromatic heterocycles. The maximum atomic E-state index is 5.76. The van der Waals surface area contributed by atoms with Crippen molar-refractivity contribution in [3.63, 3.8) is 0 Å². The molecule has 8 nitrogen and oxygen atoms in total. The standard InChI is InChI=1S/C23H33N7O/c1-17-12-13-21(31-17)18(2)26-23(25-16-22-28-27-19(3)30(22)5)24-14-9-15-29(4)20-10-7-6-8-11-20/h6-8,10-13,18H,9,14-16H2,1-5H3,(H2,24,25,26). The lowest BCUT2D eigenvalue weighted by molar-refractivity contribution is 0.441. The van der Waals surface area contributed by atoms with Gasteiger partial charge in [-0.1, -0.05) is 18.2 Å². The number of aliphatic imine (C=N–C) groups is 1. The Bertz CT molecular complexity index is 977. The van der Waals surface area contributed by atoms with Gasteiger partial charge in [0.1, 0.15) is 23.9 Å². The molecule has 0 saturated carbocycles. The quantitative estimate of drug-likeness (QED) is 0.312. The highest BCUT2D eigenvalue weighted by Gasteiger charge is 2.12. The summed E-state index contributed by atoms with van der Waals surface area (Å²) in [6.07, 6.45) is 0.976. The molecule has 1 atom stereocenters. The number of hydrogen-bond acceptors (Lipinski definition) is 5. The number of furan rings is 1. The Morgan fingerprint density at radius 1 is 1.16 bits per heavy atom. The minimum Gasteiger partial charge on any atom is -0.464 e. The number of guanidine groups is 1. The third kappa shape index (κ3) is 6.34. The van der Waals surface area contributed by atoms with Crippen molar-refractivity contribution in [2.75, 3.05) is 25.0 Å². The molecule has 0 spiro atoms. The Balaban J connectivity index is 1.59. The van der Waals surface area contributed by atoms with Gasteiger partial charge in [0.25, 0.3) is 0 Å². The lowest BCUT2D eigenvalue weighted by Gasteiger charge is -2.20. The summed E-state index contributed by atoms with van der Waals surface area (Å²) in [4.78, 5) is 6.98. The van der Waals surface area contributed by atoms with E-state index in [1.165, 1.54) is 5.69 Å². The molecule has 0 amide bonds. The van der Waals surface area contributed by atoms with Crippen LogP contribution in [0.25, 0.3) is 0 Å². The van der Waals surface area contributed by atoms with E-state index in [9.17, 15) is 0 Å². The summed E-state index contributed by atoms with van der Waals surface area (Å²) in [6, 6.07) is 14.4. The second kappa shape index (κ2) is 10.7. The molecule has 2 heterocycles. The summed E-state index contributed by atoms with van der Waals surface area (Å²) in [5.41, 5.74) is 1.22. The van der Waals surface area contributed by atoms with Crippen LogP contribution in [-0.4, -0.2) is 40.9 Å². The maximum absolute atomic E-state index is 5.76. The zero-order valence-corrected chi connectivity index (χ0v) is 19.1. The molecule has 0 radical (unpaired) electrons. The van der Waals surface area contributed by atoms with Crippen molar-refractivity contribution in [1.29, 1.82) is 0 Å². The number of nitrogens with one attached hydrogen (secondary N) is 2. The van der Waals surface area contributed by atoms with E-state index in [-0.39, 0.29) is 6.04 Å². The van der Waals surface area contributed by atoms with Crippen LogP contribution in [0, 0.1) is 13.8 Å². The fourth-order valence-corrected chi connectivity index (χ4v) is 3.19. The van der Waals surface area contributed by atoms with Crippen molar-refractivity contribution >= 4 is 11.6 Å². The molecule has 3 rings (SSSR count). The minimum absolute atomic E-state index is 0.00632. The molecule has 0 aliphatic carbocycles.